The van der Waals surface area contributed by atoms with Crippen LogP contribution in [-0.2, 0) is 11.2 Å². The van der Waals surface area contributed by atoms with E-state index in [2.05, 4.69) is 0 Å². The summed E-state index contributed by atoms with van der Waals surface area (Å²) in [6, 6.07) is 9.42. The highest BCUT2D eigenvalue weighted by atomic mass is 32.1. The van der Waals surface area contributed by atoms with E-state index in [1.807, 2.05) is 29.6 Å². The molecular formula is C18H22O7S. The van der Waals surface area contributed by atoms with E-state index in [1.54, 1.807) is 13.2 Å². The molecule has 5 atom stereocenters. The number of benzene rings is 1. The molecule has 26 heavy (non-hydrogen) atoms. The zero-order valence-electron chi connectivity index (χ0n) is 14.2. The summed E-state index contributed by atoms with van der Waals surface area (Å²) in [6.45, 7) is -0.493. The van der Waals surface area contributed by atoms with E-state index in [0.717, 1.165) is 16.2 Å². The first-order chi connectivity index (χ1) is 12.5. The molecule has 0 unspecified atom stereocenters. The van der Waals surface area contributed by atoms with Crippen LogP contribution in [0.5, 0.6) is 11.5 Å². The number of methoxy groups -OCH3 is 1. The Labute approximate surface area is 155 Å². The van der Waals surface area contributed by atoms with Crippen LogP contribution < -0.4 is 9.47 Å². The van der Waals surface area contributed by atoms with Gasteiger partial charge in [0.25, 0.3) is 0 Å². The van der Waals surface area contributed by atoms with Gasteiger partial charge in [0.05, 0.1) is 18.6 Å². The third-order valence-corrected chi connectivity index (χ3v) is 5.22. The topological polar surface area (TPSA) is 109 Å². The van der Waals surface area contributed by atoms with Gasteiger partial charge in [0.1, 0.15) is 35.9 Å². The van der Waals surface area contributed by atoms with E-state index in [4.69, 9.17) is 14.2 Å². The molecule has 4 N–H and O–H groups in total. The monoisotopic (exact) mass is 384 g/mol. The summed E-state index contributed by atoms with van der Waals surface area (Å²) < 4.78 is 16.3. The molecule has 1 aliphatic rings. The van der Waals surface area contributed by atoms with Gasteiger partial charge in [-0.25, -0.2) is 0 Å². The predicted molar refractivity (Wildman–Crippen MR) is 94.5 cm³/mol. The van der Waals surface area contributed by atoms with Crippen molar-refractivity contribution in [2.75, 3.05) is 13.7 Å². The molecule has 3 rings (SSSR count). The van der Waals surface area contributed by atoms with Gasteiger partial charge in [-0.2, -0.15) is 0 Å². The third kappa shape index (κ3) is 4.01. The van der Waals surface area contributed by atoms with Gasteiger partial charge in [0.15, 0.2) is 0 Å². The molecule has 1 aromatic carbocycles. The van der Waals surface area contributed by atoms with Crippen molar-refractivity contribution in [1.29, 1.82) is 0 Å². The SMILES string of the molecule is COc1ccc([14CH2]c2sccc2O[C@@H]2O[C@H](CO)[C@@H](O)[C@H](O)[C@H]2O)cc1. The van der Waals surface area contributed by atoms with Crippen LogP contribution in [-0.4, -0.2) is 64.8 Å². The van der Waals surface area contributed by atoms with Crippen molar-refractivity contribution in [1.82, 2.24) is 0 Å². The first kappa shape index (κ1) is 19.1. The fraction of sp³-hybridized carbons (Fsp3) is 0.444. The predicted octanol–water partition coefficient (Wildman–Crippen LogP) is 0.526. The van der Waals surface area contributed by atoms with Crippen molar-refractivity contribution >= 4 is 11.3 Å². The van der Waals surface area contributed by atoms with Crippen LogP contribution in [0.15, 0.2) is 35.7 Å². The lowest BCUT2D eigenvalue weighted by Gasteiger charge is -2.39. The molecule has 8 heteroatoms. The first-order valence-electron chi connectivity index (χ1n) is 8.20. The first-order valence-corrected chi connectivity index (χ1v) is 9.08. The second-order valence-corrected chi connectivity index (χ2v) is 7.05. The van der Waals surface area contributed by atoms with Crippen LogP contribution in [0.4, 0.5) is 0 Å². The van der Waals surface area contributed by atoms with Gasteiger partial charge in [-0.05, 0) is 29.1 Å². The lowest BCUT2D eigenvalue weighted by Crippen LogP contribution is -2.60. The second kappa shape index (κ2) is 8.34. The molecule has 1 aromatic heterocycles. The summed E-state index contributed by atoms with van der Waals surface area (Å²) in [7, 11) is 1.61. The molecule has 0 amide bonds. The fourth-order valence-electron chi connectivity index (χ4n) is 2.78. The molecule has 1 fully saturated rings. The Morgan fingerprint density at radius 3 is 2.46 bits per heavy atom. The minimum absolute atomic E-state index is 0.493. The van der Waals surface area contributed by atoms with Crippen LogP contribution in [0.3, 0.4) is 0 Å². The van der Waals surface area contributed by atoms with Crippen molar-refractivity contribution in [3.05, 3.63) is 46.2 Å². The summed E-state index contributed by atoms with van der Waals surface area (Å²) in [5, 5.41) is 40.9. The molecule has 2 aromatic rings. The molecule has 1 saturated heterocycles. The number of hydrogen-bond donors (Lipinski definition) is 4. The number of ether oxygens (including phenoxy) is 3. The van der Waals surface area contributed by atoms with E-state index < -0.39 is 37.3 Å². The molecule has 1 aliphatic heterocycles. The number of rotatable bonds is 6. The highest BCUT2D eigenvalue weighted by Crippen LogP contribution is 2.31. The molecule has 0 radical (unpaired) electrons. The number of thiophene rings is 1. The number of aliphatic hydroxyl groups excluding tert-OH is 4. The average molecular weight is 384 g/mol. The van der Waals surface area contributed by atoms with Crippen LogP contribution in [0.2, 0.25) is 0 Å². The Hall–Kier alpha value is -1.68. The molecule has 2 heterocycles. The van der Waals surface area contributed by atoms with E-state index >= 15 is 0 Å². The van der Waals surface area contributed by atoms with E-state index in [1.165, 1.54) is 11.3 Å². The Balaban J connectivity index is 1.71. The van der Waals surface area contributed by atoms with Gasteiger partial charge in [0.2, 0.25) is 6.29 Å². The fourth-order valence-corrected chi connectivity index (χ4v) is 3.62. The van der Waals surface area contributed by atoms with Gasteiger partial charge < -0.3 is 34.6 Å². The third-order valence-electron chi connectivity index (χ3n) is 4.32. The second-order valence-electron chi connectivity index (χ2n) is 6.05. The standard InChI is InChI=1S/C18H22O7S/c1-23-11-4-2-10(3-5-11)8-14-12(6-7-26-14)24-18-17(22)16(21)15(20)13(9-19)25-18/h2-7,13,15-22H,8-9H2,1H3/t13-,15-,16+,17-,18-/m1/s1/i8+2. The van der Waals surface area contributed by atoms with Crippen LogP contribution in [0, 0.1) is 0 Å². The van der Waals surface area contributed by atoms with Crippen molar-refractivity contribution in [2.45, 2.75) is 37.1 Å². The molecule has 0 saturated carbocycles. The minimum Gasteiger partial charge on any atom is -0.497 e. The molecule has 142 valence electrons. The van der Waals surface area contributed by atoms with Crippen LogP contribution in [0.1, 0.15) is 10.4 Å². The maximum Gasteiger partial charge on any atom is 0.229 e. The van der Waals surface area contributed by atoms with Crippen molar-refractivity contribution in [3.63, 3.8) is 0 Å². The Bertz CT molecular complexity index is 700. The zero-order valence-corrected chi connectivity index (χ0v) is 15.0. The van der Waals surface area contributed by atoms with Gasteiger partial charge in [-0.15, -0.1) is 11.3 Å². The number of aliphatic hydroxyl groups is 4. The smallest absolute Gasteiger partial charge is 0.229 e. The lowest BCUT2D eigenvalue weighted by atomic mass is 9.99. The van der Waals surface area contributed by atoms with Crippen LogP contribution in [0.25, 0.3) is 0 Å². The van der Waals surface area contributed by atoms with Crippen molar-refractivity contribution in [2.24, 2.45) is 0 Å². The van der Waals surface area contributed by atoms with E-state index in [0.29, 0.717) is 12.2 Å². The summed E-state index contributed by atoms with van der Waals surface area (Å²) in [5.74, 6) is 1.30. The Kier molecular flexibility index (Phi) is 6.13. The highest BCUT2D eigenvalue weighted by molar-refractivity contribution is 7.10. The average Bonchev–Trinajstić information content (AvgIpc) is 3.09. The summed E-state index contributed by atoms with van der Waals surface area (Å²) >= 11 is 1.50. The molecule has 0 bridgehead atoms. The van der Waals surface area contributed by atoms with Gasteiger partial charge in [0, 0.05) is 6.42 Å². The quantitative estimate of drug-likeness (QED) is 0.575. The van der Waals surface area contributed by atoms with E-state index in [9.17, 15) is 20.4 Å². The summed E-state index contributed by atoms with van der Waals surface area (Å²) in [6.07, 6.45) is -5.86. The zero-order chi connectivity index (χ0) is 18.7. The number of hydrogen-bond acceptors (Lipinski definition) is 8. The summed E-state index contributed by atoms with van der Waals surface area (Å²) in [4.78, 5) is 0.923. The maximum absolute atomic E-state index is 10.1. The largest absolute Gasteiger partial charge is 0.497 e. The lowest BCUT2D eigenvalue weighted by molar-refractivity contribution is -0.277. The Morgan fingerprint density at radius 1 is 1.08 bits per heavy atom. The van der Waals surface area contributed by atoms with Crippen LogP contribution >= 0.6 is 11.3 Å². The van der Waals surface area contributed by atoms with Gasteiger partial charge in [-0.1, -0.05) is 12.1 Å². The Morgan fingerprint density at radius 2 is 1.81 bits per heavy atom. The van der Waals surface area contributed by atoms with E-state index in [-0.39, 0.29) is 0 Å². The normalized spacial score (nSPS) is 28.7. The molecular weight excluding hydrogens is 362 g/mol. The van der Waals surface area contributed by atoms with Gasteiger partial charge >= 0.3 is 0 Å². The minimum atomic E-state index is -1.46. The summed E-state index contributed by atoms with van der Waals surface area (Å²) in [5.41, 5.74) is 1.06. The molecule has 0 spiro atoms. The van der Waals surface area contributed by atoms with Crippen molar-refractivity contribution in [3.8, 4) is 11.5 Å². The van der Waals surface area contributed by atoms with Crippen molar-refractivity contribution < 1.29 is 34.6 Å². The maximum atomic E-state index is 10.1. The van der Waals surface area contributed by atoms with Gasteiger partial charge in [-0.3, -0.25) is 0 Å². The molecule has 0 aliphatic carbocycles. The molecule has 7 nitrogen and oxygen atoms in total. The highest BCUT2D eigenvalue weighted by Gasteiger charge is 2.44.